The molecule has 4 heteroatoms. The summed E-state index contributed by atoms with van der Waals surface area (Å²) in [5, 5.41) is 7.73. The van der Waals surface area contributed by atoms with Gasteiger partial charge < -0.3 is 10.1 Å². The first-order valence-corrected chi connectivity index (χ1v) is 6.54. The molecule has 2 rings (SSSR count). The summed E-state index contributed by atoms with van der Waals surface area (Å²) in [5.41, 5.74) is 4.56. The van der Waals surface area contributed by atoms with Crippen molar-refractivity contribution in [3.63, 3.8) is 0 Å². The predicted octanol–water partition coefficient (Wildman–Crippen LogP) is 2.51. The molecule has 0 aliphatic carbocycles. The van der Waals surface area contributed by atoms with E-state index in [2.05, 4.69) is 29.5 Å². The van der Waals surface area contributed by atoms with Gasteiger partial charge in [-0.1, -0.05) is 13.0 Å². The maximum absolute atomic E-state index is 5.41. The molecule has 0 atom stereocenters. The monoisotopic (exact) mass is 259 g/mol. The summed E-state index contributed by atoms with van der Waals surface area (Å²) in [5.74, 6) is 0.922. The zero-order valence-electron chi connectivity index (χ0n) is 12.0. The van der Waals surface area contributed by atoms with Gasteiger partial charge in [0.15, 0.2) is 0 Å². The number of rotatable bonds is 5. The fourth-order valence-corrected chi connectivity index (χ4v) is 2.23. The van der Waals surface area contributed by atoms with E-state index >= 15 is 0 Å². The van der Waals surface area contributed by atoms with Crippen LogP contribution in [0.5, 0.6) is 5.75 Å². The van der Waals surface area contributed by atoms with Crippen LogP contribution in [0.4, 0.5) is 0 Å². The molecule has 0 saturated heterocycles. The van der Waals surface area contributed by atoms with Gasteiger partial charge in [0.05, 0.1) is 12.8 Å². The minimum atomic E-state index is 0.812. The van der Waals surface area contributed by atoms with Gasteiger partial charge in [0, 0.05) is 30.9 Å². The highest BCUT2D eigenvalue weighted by Gasteiger charge is 2.09. The van der Waals surface area contributed by atoms with E-state index in [4.69, 9.17) is 4.74 Å². The van der Waals surface area contributed by atoms with E-state index in [1.165, 1.54) is 16.7 Å². The van der Waals surface area contributed by atoms with Gasteiger partial charge >= 0.3 is 0 Å². The summed E-state index contributed by atoms with van der Waals surface area (Å²) in [6, 6.07) is 6.28. The highest BCUT2D eigenvalue weighted by molar-refractivity contribution is 5.67. The first-order valence-electron chi connectivity index (χ1n) is 6.54. The zero-order chi connectivity index (χ0) is 13.8. The molecule has 2 aromatic rings. The van der Waals surface area contributed by atoms with Crippen LogP contribution in [0.25, 0.3) is 11.1 Å². The second-order valence-corrected chi connectivity index (χ2v) is 4.61. The Morgan fingerprint density at radius 2 is 2.16 bits per heavy atom. The molecule has 102 valence electrons. The van der Waals surface area contributed by atoms with Gasteiger partial charge in [-0.25, -0.2) is 0 Å². The van der Waals surface area contributed by atoms with Crippen molar-refractivity contribution in [2.45, 2.75) is 20.4 Å². The Morgan fingerprint density at radius 1 is 1.37 bits per heavy atom. The van der Waals surface area contributed by atoms with Crippen molar-refractivity contribution in [2.24, 2.45) is 7.05 Å². The minimum absolute atomic E-state index is 0.812. The average Bonchev–Trinajstić information content (AvgIpc) is 2.75. The molecule has 0 radical (unpaired) electrons. The van der Waals surface area contributed by atoms with E-state index in [0.29, 0.717) is 0 Å². The molecule has 0 spiro atoms. The summed E-state index contributed by atoms with van der Waals surface area (Å²) in [7, 11) is 3.65. The number of benzene rings is 1. The van der Waals surface area contributed by atoms with Crippen molar-refractivity contribution < 1.29 is 4.74 Å². The van der Waals surface area contributed by atoms with E-state index < -0.39 is 0 Å². The normalized spacial score (nSPS) is 10.7. The van der Waals surface area contributed by atoms with E-state index in [9.17, 15) is 0 Å². The Bertz CT molecular complexity index is 561. The van der Waals surface area contributed by atoms with Crippen LogP contribution < -0.4 is 10.1 Å². The minimum Gasteiger partial charge on any atom is -0.496 e. The maximum atomic E-state index is 5.41. The molecular weight excluding hydrogens is 238 g/mol. The van der Waals surface area contributed by atoms with Gasteiger partial charge in [-0.05, 0) is 31.2 Å². The quantitative estimate of drug-likeness (QED) is 0.896. The van der Waals surface area contributed by atoms with Crippen LogP contribution in [0.1, 0.15) is 18.2 Å². The summed E-state index contributed by atoms with van der Waals surface area (Å²) in [6.45, 7) is 5.89. The Morgan fingerprint density at radius 3 is 2.74 bits per heavy atom. The fraction of sp³-hybridized carbons (Fsp3) is 0.400. The molecule has 1 aromatic heterocycles. The van der Waals surface area contributed by atoms with Gasteiger partial charge in [-0.15, -0.1) is 0 Å². The molecule has 0 unspecified atom stereocenters. The van der Waals surface area contributed by atoms with Crippen LogP contribution in [-0.4, -0.2) is 23.4 Å². The summed E-state index contributed by atoms with van der Waals surface area (Å²) in [6.07, 6.45) is 2.05. The van der Waals surface area contributed by atoms with Crippen LogP contribution >= 0.6 is 0 Å². The number of hydrogen-bond acceptors (Lipinski definition) is 3. The van der Waals surface area contributed by atoms with Crippen molar-refractivity contribution >= 4 is 0 Å². The lowest BCUT2D eigenvalue weighted by Crippen LogP contribution is -2.12. The molecule has 4 nitrogen and oxygen atoms in total. The van der Waals surface area contributed by atoms with Crippen molar-refractivity contribution in [1.29, 1.82) is 0 Å². The molecule has 1 N–H and O–H groups in total. The van der Waals surface area contributed by atoms with E-state index in [-0.39, 0.29) is 0 Å². The molecule has 1 aromatic carbocycles. The molecule has 0 saturated carbocycles. The fourth-order valence-electron chi connectivity index (χ4n) is 2.23. The topological polar surface area (TPSA) is 39.1 Å². The third kappa shape index (κ3) is 2.96. The number of ether oxygens (including phenoxy) is 1. The predicted molar refractivity (Wildman–Crippen MR) is 77.3 cm³/mol. The number of nitrogens with zero attached hydrogens (tertiary/aromatic N) is 2. The smallest absolute Gasteiger partial charge is 0.123 e. The number of aryl methyl sites for hydroxylation is 2. The molecule has 0 fully saturated rings. The third-order valence-electron chi connectivity index (χ3n) is 3.17. The van der Waals surface area contributed by atoms with Crippen molar-refractivity contribution in [2.75, 3.05) is 13.7 Å². The summed E-state index contributed by atoms with van der Waals surface area (Å²) < 4.78 is 7.25. The standard InChI is InChI=1S/C15H21N3O/c1-5-16-9-13-8-12(6-7-15(13)19-4)14-10-18(3)17-11(14)2/h6-8,10,16H,5,9H2,1-4H3. The molecule has 1 heterocycles. The van der Waals surface area contributed by atoms with Gasteiger partial charge in [0.25, 0.3) is 0 Å². The molecule has 19 heavy (non-hydrogen) atoms. The zero-order valence-corrected chi connectivity index (χ0v) is 12.0. The first kappa shape index (κ1) is 13.6. The van der Waals surface area contributed by atoms with Gasteiger partial charge in [-0.3, -0.25) is 4.68 Å². The molecule has 0 bridgehead atoms. The van der Waals surface area contributed by atoms with Crippen molar-refractivity contribution in [1.82, 2.24) is 15.1 Å². The van der Waals surface area contributed by atoms with E-state index in [1.807, 2.05) is 30.9 Å². The van der Waals surface area contributed by atoms with Crippen LogP contribution in [-0.2, 0) is 13.6 Å². The van der Waals surface area contributed by atoms with Crippen LogP contribution in [0, 0.1) is 6.92 Å². The summed E-state index contributed by atoms with van der Waals surface area (Å²) >= 11 is 0. The Labute approximate surface area is 114 Å². The Hall–Kier alpha value is -1.81. The first-order chi connectivity index (χ1) is 9.15. The van der Waals surface area contributed by atoms with Gasteiger partial charge in [0.1, 0.15) is 5.75 Å². The number of hydrogen-bond donors (Lipinski definition) is 1. The van der Waals surface area contributed by atoms with Crippen LogP contribution in [0.3, 0.4) is 0 Å². The molecular formula is C15H21N3O. The van der Waals surface area contributed by atoms with Crippen molar-refractivity contribution in [3.05, 3.63) is 35.7 Å². The Balaban J connectivity index is 2.39. The number of methoxy groups -OCH3 is 1. The molecule has 0 aliphatic heterocycles. The highest BCUT2D eigenvalue weighted by Crippen LogP contribution is 2.28. The highest BCUT2D eigenvalue weighted by atomic mass is 16.5. The van der Waals surface area contributed by atoms with E-state index in [1.54, 1.807) is 7.11 Å². The largest absolute Gasteiger partial charge is 0.496 e. The lowest BCUT2D eigenvalue weighted by molar-refractivity contribution is 0.408. The Kier molecular flexibility index (Phi) is 4.22. The van der Waals surface area contributed by atoms with E-state index in [0.717, 1.165) is 24.5 Å². The maximum Gasteiger partial charge on any atom is 0.123 e. The average molecular weight is 259 g/mol. The summed E-state index contributed by atoms with van der Waals surface area (Å²) in [4.78, 5) is 0. The van der Waals surface area contributed by atoms with Crippen LogP contribution in [0.15, 0.2) is 24.4 Å². The van der Waals surface area contributed by atoms with Gasteiger partial charge in [0.2, 0.25) is 0 Å². The molecule has 0 amide bonds. The van der Waals surface area contributed by atoms with Gasteiger partial charge in [-0.2, -0.15) is 5.10 Å². The van der Waals surface area contributed by atoms with Crippen LogP contribution in [0.2, 0.25) is 0 Å². The SMILES string of the molecule is CCNCc1cc(-c2cn(C)nc2C)ccc1OC. The second kappa shape index (κ2) is 5.89. The van der Waals surface area contributed by atoms with Crippen molar-refractivity contribution in [3.8, 4) is 16.9 Å². The lowest BCUT2D eigenvalue weighted by atomic mass is 10.0. The second-order valence-electron chi connectivity index (χ2n) is 4.61. The number of aromatic nitrogens is 2. The molecule has 0 aliphatic rings. The number of nitrogens with one attached hydrogen (secondary N) is 1. The third-order valence-corrected chi connectivity index (χ3v) is 3.17. The lowest BCUT2D eigenvalue weighted by Gasteiger charge is -2.11.